The molecule has 2 aromatic rings. The predicted octanol–water partition coefficient (Wildman–Crippen LogP) is 2.21. The first-order valence-corrected chi connectivity index (χ1v) is 9.46. The van der Waals surface area contributed by atoms with Crippen LogP contribution in [-0.4, -0.2) is 38.9 Å². The zero-order valence-corrected chi connectivity index (χ0v) is 14.1. The van der Waals surface area contributed by atoms with Gasteiger partial charge in [-0.1, -0.05) is 30.3 Å². The minimum absolute atomic E-state index is 0.0238. The quantitative estimate of drug-likeness (QED) is 0.855. The van der Waals surface area contributed by atoms with Crippen LogP contribution in [0.3, 0.4) is 0 Å². The molecule has 24 heavy (non-hydrogen) atoms. The molecule has 0 amide bonds. The Morgan fingerprint density at radius 2 is 1.54 bits per heavy atom. The molecule has 0 saturated carbocycles. The third kappa shape index (κ3) is 3.75. The average Bonchev–Trinajstić information content (AvgIpc) is 2.63. The Morgan fingerprint density at radius 1 is 0.917 bits per heavy atom. The molecule has 0 unspecified atom stereocenters. The molecule has 1 aliphatic heterocycles. The molecule has 0 radical (unpaired) electrons. The van der Waals surface area contributed by atoms with Crippen molar-refractivity contribution in [1.29, 1.82) is 5.26 Å². The van der Waals surface area contributed by atoms with E-state index >= 15 is 0 Å². The topological polar surface area (TPSA) is 64.4 Å². The van der Waals surface area contributed by atoms with Crippen LogP contribution in [0.25, 0.3) is 0 Å². The van der Waals surface area contributed by atoms with E-state index in [-0.39, 0.29) is 5.75 Å². The molecule has 0 N–H and O–H groups in total. The molecule has 2 aromatic carbocycles. The van der Waals surface area contributed by atoms with E-state index in [4.69, 9.17) is 5.26 Å². The van der Waals surface area contributed by atoms with Crippen molar-refractivity contribution in [3.8, 4) is 6.07 Å². The number of hydrogen-bond acceptors (Lipinski definition) is 4. The predicted molar refractivity (Wildman–Crippen MR) is 94.0 cm³/mol. The molecular formula is C18H19N3O2S. The summed E-state index contributed by atoms with van der Waals surface area (Å²) in [4.78, 5) is 2.20. The molecule has 0 bridgehead atoms. The van der Waals surface area contributed by atoms with Crippen molar-refractivity contribution in [3.63, 3.8) is 0 Å². The molecule has 1 saturated heterocycles. The molecule has 3 rings (SSSR count). The number of anilines is 1. The SMILES string of the molecule is N#Cc1ccc(CS(=O)(=O)N2CCN(c3ccccc3)CC2)cc1. The summed E-state index contributed by atoms with van der Waals surface area (Å²) in [5, 5.41) is 8.80. The first kappa shape index (κ1) is 16.5. The van der Waals surface area contributed by atoms with Gasteiger partial charge < -0.3 is 4.90 Å². The normalized spacial score (nSPS) is 15.9. The van der Waals surface area contributed by atoms with E-state index in [1.165, 1.54) is 0 Å². The third-order valence-corrected chi connectivity index (χ3v) is 6.04. The van der Waals surface area contributed by atoms with E-state index < -0.39 is 10.0 Å². The number of benzene rings is 2. The largest absolute Gasteiger partial charge is 0.369 e. The Balaban J connectivity index is 1.63. The monoisotopic (exact) mass is 341 g/mol. The summed E-state index contributed by atoms with van der Waals surface area (Å²) in [6.45, 7) is 2.37. The van der Waals surface area contributed by atoms with Crippen molar-refractivity contribution < 1.29 is 8.42 Å². The maximum atomic E-state index is 12.6. The van der Waals surface area contributed by atoms with Gasteiger partial charge >= 0.3 is 0 Å². The Labute approximate surface area is 142 Å². The maximum absolute atomic E-state index is 12.6. The highest BCUT2D eigenvalue weighted by Crippen LogP contribution is 2.19. The standard InChI is InChI=1S/C18H19N3O2S/c19-14-16-6-8-17(9-7-16)15-24(22,23)21-12-10-20(11-13-21)18-4-2-1-3-5-18/h1-9H,10-13,15H2. The van der Waals surface area contributed by atoms with Crippen molar-refractivity contribution in [2.24, 2.45) is 0 Å². The second kappa shape index (κ2) is 7.04. The summed E-state index contributed by atoms with van der Waals surface area (Å²) in [6.07, 6.45) is 0. The van der Waals surface area contributed by atoms with Crippen molar-refractivity contribution in [2.75, 3.05) is 31.1 Å². The second-order valence-corrected chi connectivity index (χ2v) is 7.76. The van der Waals surface area contributed by atoms with Gasteiger partial charge in [0.25, 0.3) is 0 Å². The summed E-state index contributed by atoms with van der Waals surface area (Å²) in [7, 11) is -3.34. The third-order valence-electron chi connectivity index (χ3n) is 4.19. The van der Waals surface area contributed by atoms with Gasteiger partial charge in [-0.05, 0) is 29.8 Å². The van der Waals surface area contributed by atoms with Gasteiger partial charge in [0.15, 0.2) is 0 Å². The van der Waals surface area contributed by atoms with Crippen molar-refractivity contribution >= 4 is 15.7 Å². The van der Waals surface area contributed by atoms with Gasteiger partial charge in [-0.25, -0.2) is 8.42 Å². The van der Waals surface area contributed by atoms with Gasteiger partial charge in [0.05, 0.1) is 17.4 Å². The number of para-hydroxylation sites is 1. The molecule has 124 valence electrons. The van der Waals surface area contributed by atoms with Gasteiger partial charge in [-0.3, -0.25) is 0 Å². The fraction of sp³-hybridized carbons (Fsp3) is 0.278. The van der Waals surface area contributed by atoms with E-state index in [0.717, 1.165) is 5.69 Å². The van der Waals surface area contributed by atoms with Crippen molar-refractivity contribution in [3.05, 3.63) is 65.7 Å². The number of rotatable bonds is 4. The summed E-state index contributed by atoms with van der Waals surface area (Å²) < 4.78 is 26.8. The van der Waals surface area contributed by atoms with E-state index in [1.807, 2.05) is 36.4 Å². The number of nitriles is 1. The Kier molecular flexibility index (Phi) is 4.84. The molecule has 0 aromatic heterocycles. The summed E-state index contributed by atoms with van der Waals surface area (Å²) in [6, 6.07) is 18.8. The highest BCUT2D eigenvalue weighted by atomic mass is 32.2. The van der Waals surface area contributed by atoms with Crippen LogP contribution in [-0.2, 0) is 15.8 Å². The highest BCUT2D eigenvalue weighted by molar-refractivity contribution is 7.88. The van der Waals surface area contributed by atoms with Crippen LogP contribution in [0.2, 0.25) is 0 Å². The Bertz CT molecular complexity index is 819. The average molecular weight is 341 g/mol. The zero-order valence-electron chi connectivity index (χ0n) is 13.3. The molecule has 0 aliphatic carbocycles. The highest BCUT2D eigenvalue weighted by Gasteiger charge is 2.27. The molecule has 1 aliphatic rings. The molecule has 5 nitrogen and oxygen atoms in total. The van der Waals surface area contributed by atoms with Crippen molar-refractivity contribution in [1.82, 2.24) is 4.31 Å². The first-order chi connectivity index (χ1) is 11.6. The van der Waals surface area contributed by atoms with Crippen LogP contribution in [0, 0.1) is 11.3 Å². The van der Waals surface area contributed by atoms with E-state index in [1.54, 1.807) is 28.6 Å². The zero-order chi connectivity index (χ0) is 17.0. The summed E-state index contributed by atoms with van der Waals surface area (Å²) in [5.74, 6) is -0.0238. The Hall–Kier alpha value is -2.36. The van der Waals surface area contributed by atoms with Gasteiger partial charge in [-0.2, -0.15) is 9.57 Å². The number of hydrogen-bond donors (Lipinski definition) is 0. The molecule has 0 atom stereocenters. The van der Waals surface area contributed by atoms with Crippen LogP contribution in [0.4, 0.5) is 5.69 Å². The molecule has 6 heteroatoms. The number of sulfonamides is 1. The molecular weight excluding hydrogens is 322 g/mol. The Morgan fingerprint density at radius 3 is 2.12 bits per heavy atom. The number of nitrogens with zero attached hydrogens (tertiary/aromatic N) is 3. The summed E-state index contributed by atoms with van der Waals surface area (Å²) >= 11 is 0. The first-order valence-electron chi connectivity index (χ1n) is 7.85. The lowest BCUT2D eigenvalue weighted by atomic mass is 10.2. The van der Waals surface area contributed by atoms with Crippen LogP contribution in [0.15, 0.2) is 54.6 Å². The maximum Gasteiger partial charge on any atom is 0.218 e. The van der Waals surface area contributed by atoms with Gasteiger partial charge in [0, 0.05) is 31.9 Å². The van der Waals surface area contributed by atoms with Crippen LogP contribution < -0.4 is 4.90 Å². The van der Waals surface area contributed by atoms with E-state index in [9.17, 15) is 8.42 Å². The smallest absolute Gasteiger partial charge is 0.218 e. The van der Waals surface area contributed by atoms with Gasteiger partial charge in [-0.15, -0.1) is 0 Å². The molecule has 0 spiro atoms. The lowest BCUT2D eigenvalue weighted by molar-refractivity contribution is 0.384. The lowest BCUT2D eigenvalue weighted by Crippen LogP contribution is -2.49. The van der Waals surface area contributed by atoms with E-state index in [2.05, 4.69) is 4.90 Å². The van der Waals surface area contributed by atoms with Gasteiger partial charge in [0.2, 0.25) is 10.0 Å². The fourth-order valence-corrected chi connectivity index (χ4v) is 4.36. The minimum atomic E-state index is -3.34. The molecule has 1 heterocycles. The number of piperazine rings is 1. The minimum Gasteiger partial charge on any atom is -0.369 e. The second-order valence-electron chi connectivity index (χ2n) is 5.79. The summed E-state index contributed by atoms with van der Waals surface area (Å²) in [5.41, 5.74) is 2.37. The van der Waals surface area contributed by atoms with Crippen molar-refractivity contribution in [2.45, 2.75) is 5.75 Å². The van der Waals surface area contributed by atoms with E-state index in [0.29, 0.717) is 37.3 Å². The van der Waals surface area contributed by atoms with Crippen LogP contribution in [0.1, 0.15) is 11.1 Å². The van der Waals surface area contributed by atoms with Crippen LogP contribution >= 0.6 is 0 Å². The lowest BCUT2D eigenvalue weighted by Gasteiger charge is -2.35. The van der Waals surface area contributed by atoms with Gasteiger partial charge in [0.1, 0.15) is 0 Å². The van der Waals surface area contributed by atoms with Crippen LogP contribution in [0.5, 0.6) is 0 Å². The molecule has 1 fully saturated rings. The fourth-order valence-electron chi connectivity index (χ4n) is 2.84.